The van der Waals surface area contributed by atoms with Crippen molar-refractivity contribution in [3.63, 3.8) is 0 Å². The first kappa shape index (κ1) is 9.30. The van der Waals surface area contributed by atoms with Gasteiger partial charge in [-0.1, -0.05) is 0 Å². The van der Waals surface area contributed by atoms with Gasteiger partial charge in [-0.2, -0.15) is 0 Å². The highest BCUT2D eigenvalue weighted by atomic mass is 35.5. The van der Waals surface area contributed by atoms with Crippen LogP contribution < -0.4 is 5.32 Å². The van der Waals surface area contributed by atoms with Crippen molar-refractivity contribution in [2.24, 2.45) is 0 Å². The van der Waals surface area contributed by atoms with E-state index in [0.717, 1.165) is 6.04 Å². The Morgan fingerprint density at radius 2 is 2.27 bits per heavy atom. The number of piperazine rings is 1. The Labute approximate surface area is 74.7 Å². The quantitative estimate of drug-likeness (QED) is 0.589. The fraction of sp³-hybridized carbons (Fsp3) is 1.00. The summed E-state index contributed by atoms with van der Waals surface area (Å²) in [5, 5.41) is 3.51. The number of rotatable bonds is 0. The Balaban J connectivity index is 0.000000605. The predicted octanol–water partition coefficient (Wildman–Crippen LogP) is 0.864. The van der Waals surface area contributed by atoms with Gasteiger partial charge in [0.25, 0.3) is 0 Å². The molecule has 2 heterocycles. The summed E-state index contributed by atoms with van der Waals surface area (Å²) in [6.07, 6.45) is 2.83. The summed E-state index contributed by atoms with van der Waals surface area (Å²) in [7, 11) is 0. The van der Waals surface area contributed by atoms with E-state index < -0.39 is 0 Å². The molecule has 0 aromatic rings. The van der Waals surface area contributed by atoms with E-state index in [2.05, 4.69) is 17.1 Å². The van der Waals surface area contributed by atoms with Crippen molar-refractivity contribution in [1.82, 2.24) is 10.2 Å². The molecular formula is C8H17ClN2. The zero-order chi connectivity index (χ0) is 6.97. The van der Waals surface area contributed by atoms with Crippen LogP contribution in [0.2, 0.25) is 0 Å². The highest BCUT2D eigenvalue weighted by Gasteiger charge is 2.28. The fourth-order valence-corrected chi connectivity index (χ4v) is 2.12. The minimum atomic E-state index is 0. The van der Waals surface area contributed by atoms with Gasteiger partial charge in [-0.25, -0.2) is 0 Å². The van der Waals surface area contributed by atoms with Crippen LogP contribution in [0.4, 0.5) is 0 Å². The molecular weight excluding hydrogens is 160 g/mol. The van der Waals surface area contributed by atoms with E-state index >= 15 is 0 Å². The molecule has 0 aromatic carbocycles. The van der Waals surface area contributed by atoms with Gasteiger partial charge in [0.2, 0.25) is 0 Å². The molecule has 2 fully saturated rings. The van der Waals surface area contributed by atoms with Gasteiger partial charge in [0, 0.05) is 25.2 Å². The maximum absolute atomic E-state index is 3.51. The second kappa shape index (κ2) is 3.74. The summed E-state index contributed by atoms with van der Waals surface area (Å²) < 4.78 is 0. The molecule has 0 radical (unpaired) electrons. The number of fused-ring (bicyclic) bond motifs is 1. The van der Waals surface area contributed by atoms with Crippen LogP contribution in [-0.4, -0.2) is 36.6 Å². The summed E-state index contributed by atoms with van der Waals surface area (Å²) in [5.74, 6) is 0. The van der Waals surface area contributed by atoms with Crippen molar-refractivity contribution in [2.75, 3.05) is 19.6 Å². The summed E-state index contributed by atoms with van der Waals surface area (Å²) in [6.45, 7) is 6.11. The molecule has 2 saturated heterocycles. The predicted molar refractivity (Wildman–Crippen MR) is 49.3 cm³/mol. The Morgan fingerprint density at radius 1 is 1.45 bits per heavy atom. The number of hydrogen-bond donors (Lipinski definition) is 1. The molecule has 2 aliphatic rings. The number of halogens is 1. The van der Waals surface area contributed by atoms with Gasteiger partial charge in [0.15, 0.2) is 0 Å². The van der Waals surface area contributed by atoms with Gasteiger partial charge in [-0.05, 0) is 26.3 Å². The van der Waals surface area contributed by atoms with E-state index in [4.69, 9.17) is 0 Å². The molecule has 0 spiro atoms. The lowest BCUT2D eigenvalue weighted by Crippen LogP contribution is -2.52. The molecule has 0 amide bonds. The monoisotopic (exact) mass is 176 g/mol. The highest BCUT2D eigenvalue weighted by Crippen LogP contribution is 2.19. The second-order valence-corrected chi connectivity index (χ2v) is 3.60. The zero-order valence-corrected chi connectivity index (χ0v) is 7.86. The Kier molecular flexibility index (Phi) is 3.16. The van der Waals surface area contributed by atoms with Gasteiger partial charge in [0.05, 0.1) is 0 Å². The normalized spacial score (nSPS) is 37.9. The van der Waals surface area contributed by atoms with Crippen LogP contribution in [0.3, 0.4) is 0 Å². The molecule has 2 aliphatic heterocycles. The third-order valence-corrected chi connectivity index (χ3v) is 2.71. The van der Waals surface area contributed by atoms with Crippen molar-refractivity contribution in [3.8, 4) is 0 Å². The summed E-state index contributed by atoms with van der Waals surface area (Å²) >= 11 is 0. The first-order valence-corrected chi connectivity index (χ1v) is 4.33. The fourth-order valence-electron chi connectivity index (χ4n) is 2.12. The molecule has 1 N–H and O–H groups in total. The largest absolute Gasteiger partial charge is 0.311 e. The smallest absolute Gasteiger partial charge is 0.0221 e. The number of hydrogen-bond acceptors (Lipinski definition) is 2. The van der Waals surface area contributed by atoms with Crippen molar-refractivity contribution >= 4 is 12.4 Å². The standard InChI is InChI=1S/C8H16N2.ClH/c1-7-6-10-4-2-3-8(10)5-9-7;/h7-9H,2-6H2,1H3;1H/t7-,8-;/m0./s1. The van der Waals surface area contributed by atoms with Crippen LogP contribution in [0, 0.1) is 0 Å². The average Bonchev–Trinajstić information content (AvgIpc) is 2.33. The zero-order valence-electron chi connectivity index (χ0n) is 7.05. The molecule has 0 aliphatic carbocycles. The van der Waals surface area contributed by atoms with Crippen molar-refractivity contribution in [2.45, 2.75) is 31.8 Å². The molecule has 0 saturated carbocycles. The lowest BCUT2D eigenvalue weighted by atomic mass is 10.1. The van der Waals surface area contributed by atoms with Gasteiger partial charge in [-0.15, -0.1) is 12.4 Å². The molecule has 66 valence electrons. The molecule has 3 heteroatoms. The van der Waals surface area contributed by atoms with Gasteiger partial charge >= 0.3 is 0 Å². The topological polar surface area (TPSA) is 15.3 Å². The average molecular weight is 177 g/mol. The molecule has 0 unspecified atom stereocenters. The van der Waals surface area contributed by atoms with Gasteiger partial charge in [0.1, 0.15) is 0 Å². The van der Waals surface area contributed by atoms with E-state index in [-0.39, 0.29) is 12.4 Å². The first-order chi connectivity index (χ1) is 4.86. The van der Waals surface area contributed by atoms with Gasteiger partial charge < -0.3 is 5.32 Å². The van der Waals surface area contributed by atoms with E-state index in [1.165, 1.54) is 32.5 Å². The lowest BCUT2D eigenvalue weighted by Gasteiger charge is -2.34. The first-order valence-electron chi connectivity index (χ1n) is 4.33. The highest BCUT2D eigenvalue weighted by molar-refractivity contribution is 5.85. The summed E-state index contributed by atoms with van der Waals surface area (Å²) in [6, 6.07) is 1.59. The van der Waals surface area contributed by atoms with Crippen LogP contribution in [-0.2, 0) is 0 Å². The van der Waals surface area contributed by atoms with E-state index in [1.54, 1.807) is 0 Å². The number of nitrogens with one attached hydrogen (secondary N) is 1. The van der Waals surface area contributed by atoms with E-state index in [0.29, 0.717) is 6.04 Å². The lowest BCUT2D eigenvalue weighted by molar-refractivity contribution is 0.180. The Hall–Kier alpha value is 0.210. The molecule has 11 heavy (non-hydrogen) atoms. The number of nitrogens with zero attached hydrogens (tertiary/aromatic N) is 1. The Morgan fingerprint density at radius 3 is 3.09 bits per heavy atom. The second-order valence-electron chi connectivity index (χ2n) is 3.60. The minimum absolute atomic E-state index is 0. The SMILES string of the molecule is C[C@H]1CN2CCC[C@H]2CN1.Cl. The minimum Gasteiger partial charge on any atom is -0.311 e. The Bertz CT molecular complexity index is 129. The van der Waals surface area contributed by atoms with Crippen LogP contribution in [0.1, 0.15) is 19.8 Å². The molecule has 2 rings (SSSR count). The van der Waals surface area contributed by atoms with E-state index in [1.807, 2.05) is 0 Å². The third kappa shape index (κ3) is 1.86. The third-order valence-electron chi connectivity index (χ3n) is 2.71. The van der Waals surface area contributed by atoms with Crippen molar-refractivity contribution in [1.29, 1.82) is 0 Å². The van der Waals surface area contributed by atoms with Crippen LogP contribution in [0.5, 0.6) is 0 Å². The molecule has 0 aromatic heterocycles. The maximum atomic E-state index is 3.51. The summed E-state index contributed by atoms with van der Waals surface area (Å²) in [5.41, 5.74) is 0. The maximum Gasteiger partial charge on any atom is 0.0221 e. The van der Waals surface area contributed by atoms with Gasteiger partial charge in [-0.3, -0.25) is 4.90 Å². The molecule has 2 nitrogen and oxygen atoms in total. The van der Waals surface area contributed by atoms with Crippen molar-refractivity contribution in [3.05, 3.63) is 0 Å². The molecule has 2 atom stereocenters. The van der Waals surface area contributed by atoms with Crippen LogP contribution in [0.25, 0.3) is 0 Å². The van der Waals surface area contributed by atoms with Crippen LogP contribution >= 0.6 is 12.4 Å². The van der Waals surface area contributed by atoms with Crippen LogP contribution in [0.15, 0.2) is 0 Å². The summed E-state index contributed by atoms with van der Waals surface area (Å²) in [4.78, 5) is 2.63. The van der Waals surface area contributed by atoms with Crippen molar-refractivity contribution < 1.29 is 0 Å². The van der Waals surface area contributed by atoms with E-state index in [9.17, 15) is 0 Å². The molecule has 0 bridgehead atoms.